The van der Waals surface area contributed by atoms with Gasteiger partial charge in [-0.05, 0) is 19.3 Å². The zero-order valence-corrected chi connectivity index (χ0v) is 10.3. The predicted molar refractivity (Wildman–Crippen MR) is 61.7 cm³/mol. The molecule has 0 spiro atoms. The van der Waals surface area contributed by atoms with Crippen molar-refractivity contribution in [2.45, 2.75) is 64.4 Å². The Hall–Kier alpha value is -0.860. The van der Waals surface area contributed by atoms with E-state index >= 15 is 0 Å². The maximum absolute atomic E-state index is 11.4. The molecule has 1 radical (unpaired) electrons. The van der Waals surface area contributed by atoms with Crippen molar-refractivity contribution >= 4 is 12.3 Å². The summed E-state index contributed by atoms with van der Waals surface area (Å²) in [7, 11) is 0. The molecule has 91 valence electrons. The number of ether oxygens (including phenoxy) is 1. The van der Waals surface area contributed by atoms with Crippen LogP contribution in [0, 0.1) is 5.92 Å². The quantitative estimate of drug-likeness (QED) is 0.676. The normalized spacial score (nSPS) is 21.1. The lowest BCUT2D eigenvalue weighted by molar-refractivity contribution is -0.158. The van der Waals surface area contributed by atoms with Gasteiger partial charge < -0.3 is 4.74 Å². The number of carbonyl (C=O) groups is 1. The molecule has 0 heterocycles. The van der Waals surface area contributed by atoms with E-state index in [1.165, 1.54) is 6.42 Å². The zero-order chi connectivity index (χ0) is 12.0. The van der Waals surface area contributed by atoms with Crippen molar-refractivity contribution in [2.75, 3.05) is 0 Å². The predicted octanol–water partition coefficient (Wildman–Crippen LogP) is 2.78. The summed E-state index contributed by atoms with van der Waals surface area (Å²) in [6, 6.07) is 0. The molecule has 1 rings (SSSR count). The Labute approximate surface area is 97.5 Å². The van der Waals surface area contributed by atoms with E-state index in [0.29, 0.717) is 12.8 Å². The van der Waals surface area contributed by atoms with Crippen LogP contribution in [0.3, 0.4) is 0 Å². The van der Waals surface area contributed by atoms with E-state index in [9.17, 15) is 9.59 Å². The Balaban J connectivity index is 2.76. The van der Waals surface area contributed by atoms with Crippen LogP contribution in [0.4, 0.5) is 0 Å². The number of carbonyl (C=O) groups excluding carboxylic acids is 2. The van der Waals surface area contributed by atoms with Gasteiger partial charge in [-0.3, -0.25) is 9.59 Å². The summed E-state index contributed by atoms with van der Waals surface area (Å²) >= 11 is 0. The highest BCUT2D eigenvalue weighted by atomic mass is 16.6. The third-order valence-electron chi connectivity index (χ3n) is 3.55. The van der Waals surface area contributed by atoms with Gasteiger partial charge in [0.15, 0.2) is 5.60 Å². The molecule has 0 aromatic rings. The van der Waals surface area contributed by atoms with Crippen molar-refractivity contribution in [3.63, 3.8) is 0 Å². The highest BCUT2D eigenvalue weighted by Crippen LogP contribution is 2.36. The summed E-state index contributed by atoms with van der Waals surface area (Å²) in [5, 5.41) is 0. The van der Waals surface area contributed by atoms with Gasteiger partial charge in [-0.15, -0.1) is 0 Å². The molecule has 0 N–H and O–H groups in total. The molecule has 0 amide bonds. The fraction of sp³-hybridized carbons (Fsp3) is 0.846. The van der Waals surface area contributed by atoms with Crippen LogP contribution < -0.4 is 0 Å². The molecule has 0 aromatic carbocycles. The van der Waals surface area contributed by atoms with Crippen LogP contribution >= 0.6 is 0 Å². The minimum absolute atomic E-state index is 0.166. The van der Waals surface area contributed by atoms with Gasteiger partial charge in [0.2, 0.25) is 6.29 Å². The van der Waals surface area contributed by atoms with Crippen molar-refractivity contribution in [3.05, 3.63) is 0 Å². The smallest absolute Gasteiger partial charge is 0.306 e. The lowest BCUT2D eigenvalue weighted by Crippen LogP contribution is -2.44. The average Bonchev–Trinajstić information content (AvgIpc) is 2.37. The first-order chi connectivity index (χ1) is 7.68. The SMILES string of the molecule is CCC(=O)OC([C]=O)(CC)C1CCCCC1. The first kappa shape index (κ1) is 13.2. The molecule has 0 saturated heterocycles. The van der Waals surface area contributed by atoms with Gasteiger partial charge >= 0.3 is 5.97 Å². The standard InChI is InChI=1S/C13H21O3/c1-3-12(15)16-13(4-2,10-14)11-8-6-5-7-9-11/h11H,3-9H2,1-2H3. The molecule has 3 nitrogen and oxygen atoms in total. The monoisotopic (exact) mass is 225 g/mol. The van der Waals surface area contributed by atoms with Crippen LogP contribution in [0.25, 0.3) is 0 Å². The van der Waals surface area contributed by atoms with Gasteiger partial charge in [-0.2, -0.15) is 0 Å². The third-order valence-corrected chi connectivity index (χ3v) is 3.55. The van der Waals surface area contributed by atoms with E-state index in [1.807, 2.05) is 13.2 Å². The second-order valence-electron chi connectivity index (χ2n) is 4.51. The molecule has 1 atom stereocenters. The number of hydrogen-bond donors (Lipinski definition) is 0. The largest absolute Gasteiger partial charge is 0.450 e. The second kappa shape index (κ2) is 6.02. The van der Waals surface area contributed by atoms with Gasteiger partial charge in [-0.25, -0.2) is 0 Å². The van der Waals surface area contributed by atoms with E-state index < -0.39 is 5.60 Å². The molecule has 0 bridgehead atoms. The summed E-state index contributed by atoms with van der Waals surface area (Å²) in [6.45, 7) is 3.64. The Morgan fingerprint density at radius 2 is 1.94 bits per heavy atom. The van der Waals surface area contributed by atoms with Gasteiger partial charge in [-0.1, -0.05) is 33.1 Å². The molecule has 16 heavy (non-hydrogen) atoms. The molecule has 1 aliphatic carbocycles. The summed E-state index contributed by atoms with van der Waals surface area (Å²) < 4.78 is 5.36. The molecular weight excluding hydrogens is 204 g/mol. The number of rotatable bonds is 5. The van der Waals surface area contributed by atoms with Gasteiger partial charge in [0, 0.05) is 12.3 Å². The Morgan fingerprint density at radius 3 is 2.38 bits per heavy atom. The van der Waals surface area contributed by atoms with Crippen LogP contribution in [0.1, 0.15) is 58.8 Å². The van der Waals surface area contributed by atoms with Crippen LogP contribution in [-0.4, -0.2) is 17.9 Å². The molecule has 1 saturated carbocycles. The first-order valence-electron chi connectivity index (χ1n) is 6.29. The maximum Gasteiger partial charge on any atom is 0.306 e. The van der Waals surface area contributed by atoms with Crippen molar-refractivity contribution in [1.82, 2.24) is 0 Å². The van der Waals surface area contributed by atoms with E-state index in [4.69, 9.17) is 4.74 Å². The van der Waals surface area contributed by atoms with E-state index in [1.54, 1.807) is 6.92 Å². The van der Waals surface area contributed by atoms with Gasteiger partial charge in [0.05, 0.1) is 0 Å². The van der Waals surface area contributed by atoms with Gasteiger partial charge in [0.1, 0.15) is 0 Å². The highest BCUT2D eigenvalue weighted by molar-refractivity contribution is 5.75. The van der Waals surface area contributed by atoms with Crippen LogP contribution in [0.5, 0.6) is 0 Å². The average molecular weight is 225 g/mol. The minimum Gasteiger partial charge on any atom is -0.450 e. The molecule has 3 heteroatoms. The molecule has 1 fully saturated rings. The van der Waals surface area contributed by atoms with Crippen LogP contribution in [0.2, 0.25) is 0 Å². The highest BCUT2D eigenvalue weighted by Gasteiger charge is 2.42. The Bertz CT molecular complexity index is 244. The summed E-state index contributed by atoms with van der Waals surface area (Å²) in [5.74, 6) is -0.130. The van der Waals surface area contributed by atoms with Crippen molar-refractivity contribution < 1.29 is 14.3 Å². The fourth-order valence-electron chi connectivity index (χ4n) is 2.46. The molecule has 0 aromatic heterocycles. The van der Waals surface area contributed by atoms with E-state index in [0.717, 1.165) is 25.7 Å². The molecule has 0 aliphatic heterocycles. The lowest BCUT2D eigenvalue weighted by Gasteiger charge is -2.36. The van der Waals surface area contributed by atoms with E-state index in [-0.39, 0.29) is 11.9 Å². The van der Waals surface area contributed by atoms with E-state index in [2.05, 4.69) is 0 Å². The molecule has 1 aliphatic rings. The summed E-state index contributed by atoms with van der Waals surface area (Å²) in [5.41, 5.74) is -0.979. The minimum atomic E-state index is -0.979. The Kier molecular flexibility index (Phi) is 4.97. The molecular formula is C13H21O3. The van der Waals surface area contributed by atoms with Gasteiger partial charge in [0.25, 0.3) is 0 Å². The van der Waals surface area contributed by atoms with Crippen LogP contribution in [-0.2, 0) is 14.3 Å². The van der Waals surface area contributed by atoms with Crippen molar-refractivity contribution in [2.24, 2.45) is 5.92 Å². The first-order valence-corrected chi connectivity index (χ1v) is 6.29. The molecule has 1 unspecified atom stereocenters. The second-order valence-corrected chi connectivity index (χ2v) is 4.51. The van der Waals surface area contributed by atoms with Crippen molar-refractivity contribution in [3.8, 4) is 0 Å². The lowest BCUT2D eigenvalue weighted by atomic mass is 9.76. The van der Waals surface area contributed by atoms with Crippen LogP contribution in [0.15, 0.2) is 0 Å². The summed E-state index contributed by atoms with van der Waals surface area (Å²) in [6.07, 6.45) is 8.27. The topological polar surface area (TPSA) is 43.4 Å². The van der Waals surface area contributed by atoms with Crippen molar-refractivity contribution in [1.29, 1.82) is 0 Å². The Morgan fingerprint density at radius 1 is 1.31 bits per heavy atom. The fourth-order valence-corrected chi connectivity index (χ4v) is 2.46. The number of hydrogen-bond acceptors (Lipinski definition) is 3. The third kappa shape index (κ3) is 2.83. The zero-order valence-electron chi connectivity index (χ0n) is 10.3. The maximum atomic E-state index is 11.4. The number of esters is 1. The summed E-state index contributed by atoms with van der Waals surface area (Å²) in [4.78, 5) is 22.6.